The average Bonchev–Trinajstić information content (AvgIpc) is 3.86. The Morgan fingerprint density at radius 3 is 1.62 bits per heavy atom. The molecule has 0 radical (unpaired) electrons. The molecule has 4 heterocycles. The molecule has 8 rings (SSSR count). The molecule has 0 amide bonds. The topological polar surface area (TPSA) is 205 Å². The van der Waals surface area contributed by atoms with Crippen molar-refractivity contribution in [1.29, 1.82) is 0 Å². The lowest BCUT2D eigenvalue weighted by Gasteiger charge is -2.10. The van der Waals surface area contributed by atoms with Crippen LogP contribution in [0.2, 0.25) is 10.0 Å². The van der Waals surface area contributed by atoms with Gasteiger partial charge in [0, 0.05) is 18.3 Å². The van der Waals surface area contributed by atoms with Gasteiger partial charge >= 0.3 is 0 Å². The number of nitrogens with zero attached hydrogens (tertiary/aromatic N) is 6. The number of para-hydroxylation sites is 2. The summed E-state index contributed by atoms with van der Waals surface area (Å²) < 4.78 is 27.3. The molecule has 14 nitrogen and oxygen atoms in total. The molecular formula is C46H52Cl2N8O6S3. The SMILES string of the molecule is C.C.CC(=O)O.CCS(=O)(=O)c1nc2ncn(-c3c(C)cccc3Cl)c(=O)c2s1.Cc1ccc(N)cc1C.Cc1ccc(Nc2nc3ncn(-c4c(C)cccc4Cl)c(=O)c3s2)cc1C. The second-order valence-electron chi connectivity index (χ2n) is 14.1. The van der Waals surface area contributed by atoms with Crippen molar-refractivity contribution in [1.82, 2.24) is 29.1 Å². The van der Waals surface area contributed by atoms with Crippen LogP contribution in [-0.2, 0) is 14.6 Å². The fraction of sp³-hybridized carbons (Fsp3) is 0.239. The van der Waals surface area contributed by atoms with Crippen molar-refractivity contribution in [3.8, 4) is 11.4 Å². The highest BCUT2D eigenvalue weighted by Crippen LogP contribution is 2.29. The number of hydrogen-bond acceptors (Lipinski definition) is 13. The fourth-order valence-electron chi connectivity index (χ4n) is 5.80. The highest BCUT2D eigenvalue weighted by atomic mass is 35.5. The highest BCUT2D eigenvalue weighted by Gasteiger charge is 2.21. The summed E-state index contributed by atoms with van der Waals surface area (Å²) in [6.07, 6.45) is 2.80. The number of nitrogens with two attached hydrogens (primary N) is 1. The average molecular weight is 980 g/mol. The van der Waals surface area contributed by atoms with Crippen LogP contribution in [0.1, 0.15) is 62.1 Å². The Hall–Kier alpha value is -5.98. The fourth-order valence-corrected chi connectivity index (χ4v) is 9.56. The number of hydrogen-bond donors (Lipinski definition) is 3. The predicted molar refractivity (Wildman–Crippen MR) is 270 cm³/mol. The summed E-state index contributed by atoms with van der Waals surface area (Å²) in [5.41, 5.74) is 15.2. The van der Waals surface area contributed by atoms with Crippen LogP contribution >= 0.6 is 45.9 Å². The number of nitrogen functional groups attached to an aromatic ring is 1. The summed E-state index contributed by atoms with van der Waals surface area (Å²) >= 11 is 14.6. The van der Waals surface area contributed by atoms with E-state index in [-0.39, 0.29) is 46.4 Å². The molecule has 4 aromatic heterocycles. The normalized spacial score (nSPS) is 10.6. The smallest absolute Gasteiger partial charge is 0.300 e. The van der Waals surface area contributed by atoms with Gasteiger partial charge in [0.2, 0.25) is 14.2 Å². The van der Waals surface area contributed by atoms with Crippen molar-refractivity contribution in [3.05, 3.63) is 150 Å². The number of carboxylic acids is 1. The lowest BCUT2D eigenvalue weighted by molar-refractivity contribution is -0.134. The van der Waals surface area contributed by atoms with Crippen LogP contribution in [-0.4, -0.2) is 54.3 Å². The van der Waals surface area contributed by atoms with Gasteiger partial charge in [-0.25, -0.2) is 23.4 Å². The summed E-state index contributed by atoms with van der Waals surface area (Å²) in [5.74, 6) is -0.912. The van der Waals surface area contributed by atoms with Crippen molar-refractivity contribution in [2.45, 2.75) is 74.6 Å². The first kappa shape index (κ1) is 53.4. The summed E-state index contributed by atoms with van der Waals surface area (Å²) in [5, 5.41) is 12.2. The number of anilines is 3. The van der Waals surface area contributed by atoms with Gasteiger partial charge in [-0.3, -0.25) is 23.5 Å². The Morgan fingerprint density at radius 2 is 1.17 bits per heavy atom. The predicted octanol–water partition coefficient (Wildman–Crippen LogP) is 11.0. The Kier molecular flexibility index (Phi) is 18.7. The van der Waals surface area contributed by atoms with Gasteiger partial charge in [-0.1, -0.05) is 104 Å². The van der Waals surface area contributed by atoms with Crippen LogP contribution < -0.4 is 22.2 Å². The van der Waals surface area contributed by atoms with Gasteiger partial charge in [-0.15, -0.1) is 0 Å². The van der Waals surface area contributed by atoms with Crippen LogP contribution in [0.4, 0.5) is 16.5 Å². The van der Waals surface area contributed by atoms with E-state index in [0.717, 1.165) is 40.8 Å². The minimum absolute atomic E-state index is 0. The Bertz CT molecular complexity index is 3170. The molecule has 0 atom stereocenters. The van der Waals surface area contributed by atoms with Crippen LogP contribution in [0, 0.1) is 41.5 Å². The molecule has 344 valence electrons. The standard InChI is InChI=1S/C20H17ClN4OS.C14H12ClN3O3S2.C8H11N.C2H4O2.2CH4/c1-11-7-8-14(9-13(11)3)23-20-24-18-17(27-20)19(26)25(10-22-18)16-12(2)5-4-6-15(16)21;1-3-23(20,21)14-17-12-11(22-14)13(19)18(7-16-12)10-8(2)5-4-6-9(10)15;1-6-3-4-8(9)5-7(6)2;1-2(3)4;;/h4-10H,1-3H3,(H,23,24);4-7H,3H2,1-2H3;3-5H,9H2,1-2H3;1H3,(H,3,4);2*1H4. The molecule has 0 saturated heterocycles. The summed E-state index contributed by atoms with van der Waals surface area (Å²) in [6.45, 7) is 14.6. The molecule has 65 heavy (non-hydrogen) atoms. The quantitative estimate of drug-likeness (QED) is 0.133. The van der Waals surface area contributed by atoms with E-state index in [2.05, 4.69) is 65.1 Å². The molecule has 4 N–H and O–H groups in total. The minimum atomic E-state index is -3.48. The second kappa shape index (κ2) is 22.8. The molecule has 0 saturated carbocycles. The van der Waals surface area contributed by atoms with Crippen molar-refractivity contribution < 1.29 is 18.3 Å². The zero-order chi connectivity index (χ0) is 46.3. The lowest BCUT2D eigenvalue weighted by Crippen LogP contribution is -2.19. The van der Waals surface area contributed by atoms with E-state index < -0.39 is 15.8 Å². The summed E-state index contributed by atoms with van der Waals surface area (Å²) in [4.78, 5) is 51.6. The van der Waals surface area contributed by atoms with Gasteiger partial charge in [0.1, 0.15) is 22.1 Å². The van der Waals surface area contributed by atoms with Crippen LogP contribution in [0.15, 0.2) is 99.4 Å². The van der Waals surface area contributed by atoms with E-state index in [4.69, 9.17) is 38.8 Å². The molecule has 0 spiro atoms. The molecule has 0 unspecified atom stereocenters. The molecule has 0 aliphatic rings. The van der Waals surface area contributed by atoms with E-state index >= 15 is 0 Å². The maximum atomic E-state index is 13.0. The number of nitrogens with one attached hydrogen (secondary N) is 1. The summed E-state index contributed by atoms with van der Waals surface area (Å²) in [7, 11) is -3.48. The van der Waals surface area contributed by atoms with Crippen molar-refractivity contribution in [3.63, 3.8) is 0 Å². The van der Waals surface area contributed by atoms with E-state index in [0.29, 0.717) is 36.9 Å². The maximum absolute atomic E-state index is 13.0. The summed E-state index contributed by atoms with van der Waals surface area (Å²) in [6, 6.07) is 22.9. The number of aromatic nitrogens is 6. The molecular weight excluding hydrogens is 928 g/mol. The van der Waals surface area contributed by atoms with Crippen LogP contribution in [0.5, 0.6) is 0 Å². The monoisotopic (exact) mass is 978 g/mol. The largest absolute Gasteiger partial charge is 0.481 e. The van der Waals surface area contributed by atoms with E-state index in [9.17, 15) is 18.0 Å². The third-order valence-electron chi connectivity index (χ3n) is 9.41. The molecule has 4 aromatic carbocycles. The van der Waals surface area contributed by atoms with Crippen LogP contribution in [0.25, 0.3) is 32.1 Å². The Balaban J connectivity index is 0.000000267. The zero-order valence-electron chi connectivity index (χ0n) is 35.5. The number of aryl methyl sites for hydroxylation is 6. The maximum Gasteiger partial charge on any atom is 0.300 e. The van der Waals surface area contributed by atoms with Gasteiger partial charge in [-0.05, 0) is 111 Å². The van der Waals surface area contributed by atoms with Gasteiger partial charge < -0.3 is 16.2 Å². The number of carboxylic acid groups (broad SMARTS) is 1. The number of rotatable bonds is 6. The van der Waals surface area contributed by atoms with Gasteiger partial charge in [0.05, 0.1) is 27.2 Å². The molecule has 8 aromatic rings. The van der Waals surface area contributed by atoms with Gasteiger partial charge in [-0.2, -0.15) is 4.98 Å². The molecule has 19 heteroatoms. The molecule has 0 bridgehead atoms. The number of fused-ring (bicyclic) bond motifs is 2. The van der Waals surface area contributed by atoms with E-state index in [1.807, 2.05) is 56.3 Å². The first-order chi connectivity index (χ1) is 29.7. The Labute approximate surface area is 396 Å². The second-order valence-corrected chi connectivity index (χ2v) is 19.4. The van der Waals surface area contributed by atoms with Crippen LogP contribution in [0.3, 0.4) is 0 Å². The number of benzene rings is 4. The number of sulfone groups is 1. The van der Waals surface area contributed by atoms with Crippen molar-refractivity contribution >= 4 is 98.9 Å². The first-order valence-corrected chi connectivity index (χ1v) is 23.1. The third kappa shape index (κ3) is 12.9. The molecule has 0 aliphatic carbocycles. The van der Waals surface area contributed by atoms with Crippen molar-refractivity contribution in [2.75, 3.05) is 16.8 Å². The number of aliphatic carboxylic acids is 1. The third-order valence-corrected chi connectivity index (χ3v) is 14.2. The highest BCUT2D eigenvalue weighted by molar-refractivity contribution is 7.93. The number of halogens is 2. The molecule has 0 aliphatic heterocycles. The number of carbonyl (C=O) groups is 1. The van der Waals surface area contributed by atoms with E-state index in [1.165, 1.54) is 62.3 Å². The Morgan fingerprint density at radius 1 is 0.708 bits per heavy atom. The van der Waals surface area contributed by atoms with Gasteiger partial charge in [0.15, 0.2) is 16.4 Å². The zero-order valence-corrected chi connectivity index (χ0v) is 39.5. The molecule has 0 fully saturated rings. The first-order valence-electron chi connectivity index (χ1n) is 19.1. The van der Waals surface area contributed by atoms with Gasteiger partial charge in [0.25, 0.3) is 17.1 Å². The van der Waals surface area contributed by atoms with E-state index in [1.54, 1.807) is 18.2 Å². The van der Waals surface area contributed by atoms with Crippen molar-refractivity contribution in [2.24, 2.45) is 0 Å². The number of thiazole rings is 2. The lowest BCUT2D eigenvalue weighted by atomic mass is 10.1. The minimum Gasteiger partial charge on any atom is -0.481 e.